The van der Waals surface area contributed by atoms with Crippen molar-refractivity contribution in [1.82, 2.24) is 4.98 Å². The van der Waals surface area contributed by atoms with Gasteiger partial charge in [0.05, 0.1) is 11.1 Å². The number of benzene rings is 1. The quantitative estimate of drug-likeness (QED) is 0.903. The van der Waals surface area contributed by atoms with Gasteiger partial charge in [-0.15, -0.1) is 0 Å². The van der Waals surface area contributed by atoms with E-state index < -0.39 is 5.97 Å². The molecular formula is C14H11BrN2O3. The van der Waals surface area contributed by atoms with Gasteiger partial charge in [0, 0.05) is 22.1 Å². The Morgan fingerprint density at radius 2 is 2.00 bits per heavy atom. The maximum atomic E-state index is 12.1. The zero-order valence-electron chi connectivity index (χ0n) is 10.6. The number of halogens is 1. The Balaban J connectivity index is 2.27. The van der Waals surface area contributed by atoms with Crippen LogP contribution in [-0.2, 0) is 0 Å². The molecule has 0 atom stereocenters. The first-order valence-corrected chi connectivity index (χ1v) is 6.54. The number of anilines is 1. The molecule has 2 N–H and O–H groups in total. The molecule has 5 nitrogen and oxygen atoms in total. The van der Waals surface area contributed by atoms with Crippen LogP contribution in [0.15, 0.2) is 41.0 Å². The highest BCUT2D eigenvalue weighted by Crippen LogP contribution is 2.21. The lowest BCUT2D eigenvalue weighted by molar-refractivity contribution is 0.0695. The van der Waals surface area contributed by atoms with Crippen molar-refractivity contribution >= 4 is 33.5 Å². The van der Waals surface area contributed by atoms with Gasteiger partial charge in [-0.05, 0) is 53.2 Å². The predicted molar refractivity (Wildman–Crippen MR) is 78.0 cm³/mol. The highest BCUT2D eigenvalue weighted by Gasteiger charge is 2.13. The Bertz CT molecular complexity index is 686. The summed E-state index contributed by atoms with van der Waals surface area (Å²) in [7, 11) is 0. The van der Waals surface area contributed by atoms with Gasteiger partial charge < -0.3 is 10.4 Å². The lowest BCUT2D eigenvalue weighted by Crippen LogP contribution is -2.14. The number of rotatable bonds is 3. The molecule has 0 fully saturated rings. The first-order chi connectivity index (χ1) is 9.49. The van der Waals surface area contributed by atoms with Gasteiger partial charge in [-0.2, -0.15) is 0 Å². The summed E-state index contributed by atoms with van der Waals surface area (Å²) in [5.74, 6) is -1.39. The second-order valence-corrected chi connectivity index (χ2v) is 4.94. The van der Waals surface area contributed by atoms with E-state index in [0.717, 1.165) is 0 Å². The van der Waals surface area contributed by atoms with Crippen LogP contribution in [0.3, 0.4) is 0 Å². The average Bonchev–Trinajstić information content (AvgIpc) is 2.41. The molecule has 0 aliphatic carbocycles. The third-order valence-electron chi connectivity index (χ3n) is 2.71. The molecule has 0 unspecified atom stereocenters. The fraction of sp³-hybridized carbons (Fsp3) is 0.0714. The molecule has 0 aliphatic heterocycles. The number of nitrogens with zero attached hydrogens (tertiary/aromatic N) is 1. The van der Waals surface area contributed by atoms with Crippen molar-refractivity contribution in [1.29, 1.82) is 0 Å². The van der Waals surface area contributed by atoms with Crippen molar-refractivity contribution in [3.05, 3.63) is 57.8 Å². The summed E-state index contributed by atoms with van der Waals surface area (Å²) in [5, 5.41) is 11.7. The number of aromatic nitrogens is 1. The molecule has 102 valence electrons. The van der Waals surface area contributed by atoms with Gasteiger partial charge in [0.15, 0.2) is 0 Å². The number of hydrogen-bond donors (Lipinski definition) is 2. The molecule has 6 heteroatoms. The van der Waals surface area contributed by atoms with Gasteiger partial charge in [-0.3, -0.25) is 9.78 Å². The van der Waals surface area contributed by atoms with Gasteiger partial charge in [-0.25, -0.2) is 4.79 Å². The van der Waals surface area contributed by atoms with Crippen molar-refractivity contribution in [2.24, 2.45) is 0 Å². The number of carbonyl (C=O) groups is 2. The van der Waals surface area contributed by atoms with E-state index in [1.54, 1.807) is 37.4 Å². The summed E-state index contributed by atoms with van der Waals surface area (Å²) < 4.78 is 0.459. The van der Waals surface area contributed by atoms with Crippen LogP contribution in [0.1, 0.15) is 26.4 Å². The summed E-state index contributed by atoms with van der Waals surface area (Å²) in [6, 6.07) is 7.94. The van der Waals surface area contributed by atoms with Crippen LogP contribution in [0, 0.1) is 6.92 Å². The summed E-state index contributed by atoms with van der Waals surface area (Å²) in [6.07, 6.45) is 1.61. The molecule has 1 aromatic carbocycles. The number of nitrogens with one attached hydrogen (secondary N) is 1. The van der Waals surface area contributed by atoms with Crippen molar-refractivity contribution in [2.75, 3.05) is 5.32 Å². The number of amides is 1. The lowest BCUT2D eigenvalue weighted by atomic mass is 10.1. The molecule has 0 radical (unpaired) electrons. The van der Waals surface area contributed by atoms with E-state index in [4.69, 9.17) is 5.11 Å². The molecule has 0 spiro atoms. The number of hydrogen-bond acceptors (Lipinski definition) is 3. The van der Waals surface area contributed by atoms with Crippen molar-refractivity contribution in [2.45, 2.75) is 6.92 Å². The smallest absolute Gasteiger partial charge is 0.336 e. The molecule has 1 heterocycles. The topological polar surface area (TPSA) is 79.3 Å². The molecule has 2 aromatic rings. The average molecular weight is 335 g/mol. The summed E-state index contributed by atoms with van der Waals surface area (Å²) in [5.41, 5.74) is 1.57. The van der Waals surface area contributed by atoms with Crippen LogP contribution in [-0.4, -0.2) is 22.0 Å². The fourth-order valence-corrected chi connectivity index (χ4v) is 2.11. The van der Waals surface area contributed by atoms with Gasteiger partial charge in [0.1, 0.15) is 0 Å². The van der Waals surface area contributed by atoms with E-state index in [1.165, 1.54) is 6.07 Å². The zero-order chi connectivity index (χ0) is 14.7. The molecular weight excluding hydrogens is 324 g/mol. The zero-order valence-corrected chi connectivity index (χ0v) is 12.1. The molecule has 1 aromatic heterocycles. The summed E-state index contributed by atoms with van der Waals surface area (Å²) in [4.78, 5) is 27.2. The van der Waals surface area contributed by atoms with Gasteiger partial charge in [0.2, 0.25) is 0 Å². The van der Waals surface area contributed by atoms with Gasteiger partial charge >= 0.3 is 5.97 Å². The highest BCUT2D eigenvalue weighted by atomic mass is 79.9. The minimum absolute atomic E-state index is 0.0886. The molecule has 0 bridgehead atoms. The first kappa shape index (κ1) is 14.2. The molecule has 2 rings (SSSR count). The van der Waals surface area contributed by atoms with E-state index >= 15 is 0 Å². The highest BCUT2D eigenvalue weighted by molar-refractivity contribution is 9.10. The van der Waals surface area contributed by atoms with E-state index in [9.17, 15) is 9.59 Å². The van der Waals surface area contributed by atoms with E-state index in [2.05, 4.69) is 26.2 Å². The second kappa shape index (κ2) is 5.83. The van der Waals surface area contributed by atoms with Crippen LogP contribution < -0.4 is 5.32 Å². The Hall–Kier alpha value is -2.21. The number of carboxylic acid groups (broad SMARTS) is 1. The molecule has 20 heavy (non-hydrogen) atoms. The van der Waals surface area contributed by atoms with E-state index in [-0.39, 0.29) is 11.5 Å². The van der Waals surface area contributed by atoms with Crippen LogP contribution >= 0.6 is 15.9 Å². The third kappa shape index (κ3) is 3.03. The maximum Gasteiger partial charge on any atom is 0.336 e. The minimum Gasteiger partial charge on any atom is -0.478 e. The van der Waals surface area contributed by atoms with Crippen molar-refractivity contribution in [3.8, 4) is 0 Å². The van der Waals surface area contributed by atoms with Gasteiger partial charge in [-0.1, -0.05) is 0 Å². The Morgan fingerprint density at radius 1 is 1.25 bits per heavy atom. The normalized spacial score (nSPS) is 10.1. The van der Waals surface area contributed by atoms with E-state index in [1.807, 2.05) is 0 Å². The Labute approximate surface area is 123 Å². The van der Waals surface area contributed by atoms with Crippen LogP contribution in [0.5, 0.6) is 0 Å². The Kier molecular flexibility index (Phi) is 4.14. The number of pyridine rings is 1. The predicted octanol–water partition coefficient (Wildman–Crippen LogP) is 3.10. The number of carbonyl (C=O) groups excluding carboxylic acids is 1. The largest absolute Gasteiger partial charge is 0.478 e. The van der Waals surface area contributed by atoms with E-state index in [0.29, 0.717) is 21.4 Å². The summed E-state index contributed by atoms with van der Waals surface area (Å²) >= 11 is 3.15. The Morgan fingerprint density at radius 3 is 2.65 bits per heavy atom. The van der Waals surface area contributed by atoms with Crippen molar-refractivity contribution in [3.63, 3.8) is 0 Å². The van der Waals surface area contributed by atoms with Crippen LogP contribution in [0.25, 0.3) is 0 Å². The third-order valence-corrected chi connectivity index (χ3v) is 3.40. The fourth-order valence-electron chi connectivity index (χ4n) is 1.69. The monoisotopic (exact) mass is 334 g/mol. The van der Waals surface area contributed by atoms with Crippen LogP contribution in [0.4, 0.5) is 5.69 Å². The standard InChI is InChI=1S/C14H11BrN2O3/c1-8-10(3-2-6-16-8)13(18)17-9-4-5-12(15)11(7-9)14(19)20/h2-7H,1H3,(H,17,18)(H,19,20). The van der Waals surface area contributed by atoms with Gasteiger partial charge in [0.25, 0.3) is 5.91 Å². The number of aromatic carboxylic acids is 1. The number of carboxylic acids is 1. The summed E-state index contributed by atoms with van der Waals surface area (Å²) in [6.45, 7) is 1.74. The number of aryl methyl sites for hydroxylation is 1. The molecule has 0 aliphatic rings. The second-order valence-electron chi connectivity index (χ2n) is 4.09. The maximum absolute atomic E-state index is 12.1. The molecule has 1 amide bonds. The lowest BCUT2D eigenvalue weighted by Gasteiger charge is -2.08. The molecule has 0 saturated heterocycles. The first-order valence-electron chi connectivity index (χ1n) is 5.75. The molecule has 0 saturated carbocycles. The SMILES string of the molecule is Cc1ncccc1C(=O)Nc1ccc(Br)c(C(=O)O)c1. The van der Waals surface area contributed by atoms with Crippen molar-refractivity contribution < 1.29 is 14.7 Å². The minimum atomic E-state index is -1.06. The van der Waals surface area contributed by atoms with Crippen LogP contribution in [0.2, 0.25) is 0 Å².